The summed E-state index contributed by atoms with van der Waals surface area (Å²) in [6, 6.07) is 0. The van der Waals surface area contributed by atoms with Crippen LogP contribution < -0.4 is 5.32 Å². The highest BCUT2D eigenvalue weighted by atomic mass is 16.2. The van der Waals surface area contributed by atoms with Crippen molar-refractivity contribution in [2.24, 2.45) is 23.7 Å². The molecule has 1 N–H and O–H groups in total. The summed E-state index contributed by atoms with van der Waals surface area (Å²) in [6.45, 7) is 4.85. The molecule has 4 nitrogen and oxygen atoms in total. The SMILES string of the molecule is CC1CC2C(=O)N(CC3CCNCC3)C(=O)C2C1. The number of amides is 2. The van der Waals surface area contributed by atoms with E-state index in [1.54, 1.807) is 4.90 Å². The Bertz CT molecular complexity index is 339. The molecule has 3 fully saturated rings. The van der Waals surface area contributed by atoms with Gasteiger partial charge in [0.1, 0.15) is 0 Å². The summed E-state index contributed by atoms with van der Waals surface area (Å²) in [4.78, 5) is 26.2. The summed E-state index contributed by atoms with van der Waals surface area (Å²) in [6.07, 6.45) is 4.00. The molecule has 0 bridgehead atoms. The van der Waals surface area contributed by atoms with Crippen molar-refractivity contribution in [3.8, 4) is 0 Å². The van der Waals surface area contributed by atoms with Crippen molar-refractivity contribution in [3.63, 3.8) is 0 Å². The number of carbonyl (C=O) groups excluding carboxylic acids is 2. The fraction of sp³-hybridized carbons (Fsp3) is 0.857. The second kappa shape index (κ2) is 4.65. The van der Waals surface area contributed by atoms with Crippen LogP contribution in [-0.2, 0) is 9.59 Å². The van der Waals surface area contributed by atoms with Crippen LogP contribution in [0.15, 0.2) is 0 Å². The average molecular weight is 250 g/mol. The molecule has 2 amide bonds. The van der Waals surface area contributed by atoms with E-state index in [0.29, 0.717) is 18.4 Å². The molecule has 0 spiro atoms. The number of imide groups is 1. The summed E-state index contributed by atoms with van der Waals surface area (Å²) < 4.78 is 0. The highest BCUT2D eigenvalue weighted by Crippen LogP contribution is 2.43. The number of hydrogen-bond donors (Lipinski definition) is 1. The van der Waals surface area contributed by atoms with Gasteiger partial charge in [0.2, 0.25) is 11.8 Å². The van der Waals surface area contributed by atoms with Gasteiger partial charge < -0.3 is 5.32 Å². The average Bonchev–Trinajstić information content (AvgIpc) is 2.85. The van der Waals surface area contributed by atoms with E-state index in [1.807, 2.05) is 0 Å². The first kappa shape index (κ1) is 12.2. The fourth-order valence-electron chi connectivity index (χ4n) is 3.85. The molecule has 4 heteroatoms. The second-order valence-corrected chi connectivity index (χ2v) is 6.27. The molecule has 2 unspecified atom stereocenters. The van der Waals surface area contributed by atoms with Gasteiger partial charge in [0, 0.05) is 6.54 Å². The van der Waals surface area contributed by atoms with Gasteiger partial charge >= 0.3 is 0 Å². The minimum Gasteiger partial charge on any atom is -0.317 e. The molecule has 0 aromatic heterocycles. The summed E-state index contributed by atoms with van der Waals surface area (Å²) >= 11 is 0. The van der Waals surface area contributed by atoms with Gasteiger partial charge in [-0.1, -0.05) is 6.92 Å². The van der Waals surface area contributed by atoms with Gasteiger partial charge in [0.15, 0.2) is 0 Å². The molecular weight excluding hydrogens is 228 g/mol. The minimum absolute atomic E-state index is 0.00853. The third-order valence-corrected chi connectivity index (χ3v) is 4.86. The number of fused-ring (bicyclic) bond motifs is 1. The standard InChI is InChI=1S/C14H22N2O2/c1-9-6-11-12(7-9)14(18)16(13(11)17)8-10-2-4-15-5-3-10/h9-12,15H,2-8H2,1H3. The van der Waals surface area contributed by atoms with Crippen molar-refractivity contribution < 1.29 is 9.59 Å². The first-order valence-electron chi connectivity index (χ1n) is 7.22. The molecule has 18 heavy (non-hydrogen) atoms. The van der Waals surface area contributed by atoms with E-state index in [-0.39, 0.29) is 23.7 Å². The topological polar surface area (TPSA) is 49.4 Å². The second-order valence-electron chi connectivity index (χ2n) is 6.27. The maximum absolute atomic E-state index is 12.3. The highest BCUT2D eigenvalue weighted by molar-refractivity contribution is 6.05. The number of likely N-dealkylation sites (tertiary alicyclic amines) is 1. The van der Waals surface area contributed by atoms with Gasteiger partial charge in [0.25, 0.3) is 0 Å². The predicted molar refractivity (Wildman–Crippen MR) is 67.7 cm³/mol. The molecule has 2 atom stereocenters. The van der Waals surface area contributed by atoms with Crippen molar-refractivity contribution >= 4 is 11.8 Å². The molecule has 3 aliphatic rings. The summed E-state index contributed by atoms with van der Waals surface area (Å²) in [7, 11) is 0. The van der Waals surface area contributed by atoms with E-state index in [2.05, 4.69) is 12.2 Å². The van der Waals surface area contributed by atoms with Crippen LogP contribution in [0, 0.1) is 23.7 Å². The van der Waals surface area contributed by atoms with Gasteiger partial charge in [-0.2, -0.15) is 0 Å². The fourth-order valence-corrected chi connectivity index (χ4v) is 3.85. The number of rotatable bonds is 2. The van der Waals surface area contributed by atoms with Gasteiger partial charge in [0.05, 0.1) is 11.8 Å². The van der Waals surface area contributed by atoms with E-state index in [1.165, 1.54) is 0 Å². The zero-order chi connectivity index (χ0) is 12.7. The zero-order valence-corrected chi connectivity index (χ0v) is 11.0. The van der Waals surface area contributed by atoms with Crippen LogP contribution in [0.25, 0.3) is 0 Å². The smallest absolute Gasteiger partial charge is 0.233 e. The van der Waals surface area contributed by atoms with Crippen LogP contribution in [0.2, 0.25) is 0 Å². The molecule has 1 aliphatic carbocycles. The lowest BCUT2D eigenvalue weighted by Crippen LogP contribution is -2.40. The monoisotopic (exact) mass is 250 g/mol. The Morgan fingerprint density at radius 2 is 1.67 bits per heavy atom. The van der Waals surface area contributed by atoms with Crippen LogP contribution >= 0.6 is 0 Å². The van der Waals surface area contributed by atoms with Crippen LogP contribution in [0.4, 0.5) is 0 Å². The number of piperidine rings is 1. The van der Waals surface area contributed by atoms with Gasteiger partial charge in [-0.25, -0.2) is 0 Å². The molecule has 0 radical (unpaired) electrons. The van der Waals surface area contributed by atoms with Crippen LogP contribution in [0.1, 0.15) is 32.6 Å². The third kappa shape index (κ3) is 1.96. The van der Waals surface area contributed by atoms with Crippen LogP contribution in [0.5, 0.6) is 0 Å². The Hall–Kier alpha value is -0.900. The lowest BCUT2D eigenvalue weighted by Gasteiger charge is -2.27. The maximum Gasteiger partial charge on any atom is 0.233 e. The zero-order valence-electron chi connectivity index (χ0n) is 11.0. The molecule has 0 aromatic carbocycles. The predicted octanol–water partition coefficient (Wildman–Crippen LogP) is 1.02. The van der Waals surface area contributed by atoms with Crippen molar-refractivity contribution in [2.45, 2.75) is 32.6 Å². The number of hydrogen-bond acceptors (Lipinski definition) is 3. The lowest BCUT2D eigenvalue weighted by atomic mass is 9.97. The Morgan fingerprint density at radius 3 is 2.22 bits per heavy atom. The normalized spacial score (nSPS) is 37.4. The van der Waals surface area contributed by atoms with Gasteiger partial charge in [-0.3, -0.25) is 14.5 Å². The van der Waals surface area contributed by atoms with Gasteiger partial charge in [-0.05, 0) is 50.6 Å². The van der Waals surface area contributed by atoms with E-state index < -0.39 is 0 Å². The Kier molecular flexibility index (Phi) is 3.14. The third-order valence-electron chi connectivity index (χ3n) is 4.86. The first-order valence-corrected chi connectivity index (χ1v) is 7.22. The summed E-state index contributed by atoms with van der Waals surface area (Å²) in [5.74, 6) is 1.30. The van der Waals surface area contributed by atoms with Gasteiger partial charge in [-0.15, -0.1) is 0 Å². The van der Waals surface area contributed by atoms with Crippen LogP contribution in [0.3, 0.4) is 0 Å². The highest BCUT2D eigenvalue weighted by Gasteiger charge is 2.51. The molecule has 100 valence electrons. The first-order chi connectivity index (χ1) is 8.66. The quantitative estimate of drug-likeness (QED) is 0.744. The van der Waals surface area contributed by atoms with E-state index in [0.717, 1.165) is 38.8 Å². The molecule has 2 saturated heterocycles. The Balaban J connectivity index is 1.67. The van der Waals surface area contributed by atoms with E-state index >= 15 is 0 Å². The van der Waals surface area contributed by atoms with E-state index in [9.17, 15) is 9.59 Å². The van der Waals surface area contributed by atoms with Crippen molar-refractivity contribution in [3.05, 3.63) is 0 Å². The van der Waals surface area contributed by atoms with E-state index in [4.69, 9.17) is 0 Å². The number of nitrogens with one attached hydrogen (secondary N) is 1. The van der Waals surface area contributed by atoms with Crippen molar-refractivity contribution in [1.82, 2.24) is 10.2 Å². The largest absolute Gasteiger partial charge is 0.317 e. The Morgan fingerprint density at radius 1 is 1.11 bits per heavy atom. The number of carbonyl (C=O) groups is 2. The van der Waals surface area contributed by atoms with Crippen LogP contribution in [-0.4, -0.2) is 36.3 Å². The number of nitrogens with zero attached hydrogens (tertiary/aromatic N) is 1. The lowest BCUT2D eigenvalue weighted by molar-refractivity contribution is -0.141. The summed E-state index contributed by atoms with van der Waals surface area (Å²) in [5.41, 5.74) is 0. The molecule has 2 aliphatic heterocycles. The molecule has 0 aromatic rings. The van der Waals surface area contributed by atoms with Crippen molar-refractivity contribution in [2.75, 3.05) is 19.6 Å². The molecule has 1 saturated carbocycles. The Labute approximate surface area is 108 Å². The molecule has 3 rings (SSSR count). The van der Waals surface area contributed by atoms with Crippen molar-refractivity contribution in [1.29, 1.82) is 0 Å². The molecular formula is C14H22N2O2. The maximum atomic E-state index is 12.3. The summed E-state index contributed by atoms with van der Waals surface area (Å²) in [5, 5.41) is 3.32. The molecule has 2 heterocycles. The minimum atomic E-state index is 0.00853.